The van der Waals surface area contributed by atoms with Gasteiger partial charge in [-0.05, 0) is 177 Å². The number of ether oxygens (including phenoxy) is 8. The maximum Gasteiger partial charge on any atom is 0.155 e. The summed E-state index contributed by atoms with van der Waals surface area (Å²) in [5, 5.41) is 0. The van der Waals surface area contributed by atoms with Crippen molar-refractivity contribution in [2.45, 2.75) is 231 Å². The molecular formula is C46H80O8. The molecule has 0 aromatic carbocycles. The molecule has 5 saturated carbocycles. The van der Waals surface area contributed by atoms with Gasteiger partial charge in [0.05, 0.1) is 63.1 Å². The molecule has 54 heavy (non-hydrogen) atoms. The maximum atomic E-state index is 6.52. The summed E-state index contributed by atoms with van der Waals surface area (Å²) in [5.41, 5.74) is 0.775. The van der Waals surface area contributed by atoms with Crippen LogP contribution < -0.4 is 0 Å². The third kappa shape index (κ3) is 11.9. The zero-order valence-electron chi connectivity index (χ0n) is 35.3. The minimum atomic E-state index is -0.141. The summed E-state index contributed by atoms with van der Waals surface area (Å²) in [5.74, 6) is 3.18. The lowest BCUT2D eigenvalue weighted by atomic mass is 9.60. The molecule has 0 spiro atoms. The molecule has 0 bridgehead atoms. The van der Waals surface area contributed by atoms with Crippen molar-refractivity contribution in [1.82, 2.24) is 0 Å². The number of hydrogen-bond donors (Lipinski definition) is 0. The molecule has 2 heterocycles. The molecular weight excluding hydrogens is 680 g/mol. The van der Waals surface area contributed by atoms with Crippen LogP contribution in [0, 0.1) is 34.5 Å². The molecule has 0 aromatic heterocycles. The molecule has 8 nitrogen and oxygen atoms in total. The largest absolute Gasteiger partial charge is 0.375 e. The van der Waals surface area contributed by atoms with Crippen LogP contribution in [0.25, 0.3) is 0 Å². The second kappa shape index (κ2) is 19.2. The van der Waals surface area contributed by atoms with Crippen molar-refractivity contribution in [1.29, 1.82) is 0 Å². The Morgan fingerprint density at radius 2 is 0.611 bits per heavy atom. The quantitative estimate of drug-likeness (QED) is 0.101. The van der Waals surface area contributed by atoms with Crippen LogP contribution in [0.1, 0.15) is 170 Å². The van der Waals surface area contributed by atoms with E-state index in [0.29, 0.717) is 47.5 Å². The summed E-state index contributed by atoms with van der Waals surface area (Å²) < 4.78 is 48.9. The summed E-state index contributed by atoms with van der Waals surface area (Å²) >= 11 is 0. The molecule has 5 aliphatic carbocycles. The van der Waals surface area contributed by atoms with E-state index in [-0.39, 0.29) is 24.8 Å². The first-order valence-electron chi connectivity index (χ1n) is 23.1. The lowest BCUT2D eigenvalue weighted by Crippen LogP contribution is -2.40. The van der Waals surface area contributed by atoms with Crippen molar-refractivity contribution >= 4 is 0 Å². The van der Waals surface area contributed by atoms with Gasteiger partial charge in [-0.3, -0.25) is 0 Å². The maximum absolute atomic E-state index is 6.52. The first-order valence-corrected chi connectivity index (χ1v) is 23.1. The lowest BCUT2D eigenvalue weighted by molar-refractivity contribution is -0.218. The highest BCUT2D eigenvalue weighted by molar-refractivity contribution is 4.93. The molecule has 312 valence electrons. The summed E-state index contributed by atoms with van der Waals surface area (Å²) in [6, 6.07) is 0. The van der Waals surface area contributed by atoms with Crippen LogP contribution >= 0.6 is 0 Å². The Kier molecular flexibility index (Phi) is 14.8. The molecule has 0 N–H and O–H groups in total. The van der Waals surface area contributed by atoms with E-state index >= 15 is 0 Å². The van der Waals surface area contributed by atoms with Crippen molar-refractivity contribution in [3.8, 4) is 0 Å². The van der Waals surface area contributed by atoms with Gasteiger partial charge in [-0.15, -0.1) is 0 Å². The Labute approximate surface area is 329 Å². The van der Waals surface area contributed by atoms with Crippen LogP contribution in [0.15, 0.2) is 0 Å². The molecule has 0 amide bonds. The zero-order valence-corrected chi connectivity index (χ0v) is 35.3. The lowest BCUT2D eigenvalue weighted by Gasteiger charge is -2.47. The number of rotatable bonds is 18. The highest BCUT2D eigenvalue weighted by Gasteiger charge is 2.43. The minimum absolute atomic E-state index is 0.141. The highest BCUT2D eigenvalue weighted by Crippen LogP contribution is 2.50. The van der Waals surface area contributed by atoms with Crippen molar-refractivity contribution in [3.05, 3.63) is 0 Å². The predicted molar refractivity (Wildman–Crippen MR) is 211 cm³/mol. The average molecular weight is 761 g/mol. The second-order valence-corrected chi connectivity index (χ2v) is 20.2. The fraction of sp³-hybridized carbons (Fsp3) is 1.00. The van der Waals surface area contributed by atoms with E-state index in [9.17, 15) is 0 Å². The van der Waals surface area contributed by atoms with E-state index in [1.807, 2.05) is 0 Å². The predicted octanol–water partition coefficient (Wildman–Crippen LogP) is 10.2. The zero-order chi connectivity index (χ0) is 37.7. The molecule has 4 unspecified atom stereocenters. The van der Waals surface area contributed by atoms with Crippen molar-refractivity contribution < 1.29 is 37.9 Å². The van der Waals surface area contributed by atoms with E-state index in [0.717, 1.165) is 101 Å². The third-order valence-corrected chi connectivity index (χ3v) is 15.9. The number of epoxide rings is 2. The topological polar surface area (TPSA) is 80.4 Å². The van der Waals surface area contributed by atoms with E-state index in [1.54, 1.807) is 0 Å². The Morgan fingerprint density at radius 3 is 0.852 bits per heavy atom. The fourth-order valence-electron chi connectivity index (χ4n) is 11.8. The van der Waals surface area contributed by atoms with Crippen molar-refractivity contribution in [3.63, 3.8) is 0 Å². The average Bonchev–Trinajstić information content (AvgIpc) is 4.11. The van der Waals surface area contributed by atoms with E-state index in [2.05, 4.69) is 41.5 Å². The fourth-order valence-corrected chi connectivity index (χ4v) is 11.8. The monoisotopic (exact) mass is 761 g/mol. The van der Waals surface area contributed by atoms with Crippen LogP contribution in [0.5, 0.6) is 0 Å². The molecule has 7 fully saturated rings. The van der Waals surface area contributed by atoms with Gasteiger partial charge in [0.25, 0.3) is 0 Å². The van der Waals surface area contributed by atoms with Crippen LogP contribution in [0.2, 0.25) is 0 Å². The van der Waals surface area contributed by atoms with Gasteiger partial charge in [0.15, 0.2) is 12.6 Å². The summed E-state index contributed by atoms with van der Waals surface area (Å²) in [6.45, 7) is 17.8. The summed E-state index contributed by atoms with van der Waals surface area (Å²) in [4.78, 5) is 0. The van der Waals surface area contributed by atoms with Crippen molar-refractivity contribution in [2.75, 3.05) is 26.4 Å². The van der Waals surface area contributed by atoms with Gasteiger partial charge in [0.2, 0.25) is 0 Å². The summed E-state index contributed by atoms with van der Waals surface area (Å²) in [7, 11) is 0. The van der Waals surface area contributed by atoms with Gasteiger partial charge in [0.1, 0.15) is 12.2 Å². The molecule has 7 aliphatic rings. The Hall–Kier alpha value is -0.320. The SMILES string of the molecule is CC(OC1CCC(OC(C)OC2CCC(C(C)(C)C3CCC(OCC4CO4)CC3)CC2)CC1)OC1CCC(C(C)(C)C2CCC(OCC3CO3)CC2)CC1. The smallest absolute Gasteiger partial charge is 0.155 e. The first-order chi connectivity index (χ1) is 26.0. The van der Waals surface area contributed by atoms with Gasteiger partial charge in [-0.1, -0.05) is 27.7 Å². The van der Waals surface area contributed by atoms with Crippen molar-refractivity contribution in [2.24, 2.45) is 34.5 Å². The van der Waals surface area contributed by atoms with Gasteiger partial charge >= 0.3 is 0 Å². The molecule has 4 atom stereocenters. The number of hydrogen-bond acceptors (Lipinski definition) is 8. The molecule has 8 heteroatoms. The second-order valence-electron chi connectivity index (χ2n) is 20.2. The normalized spacial score (nSPS) is 40.6. The Bertz CT molecular complexity index is 996. The van der Waals surface area contributed by atoms with Crippen LogP contribution in [0.4, 0.5) is 0 Å². The van der Waals surface area contributed by atoms with Crippen LogP contribution in [-0.2, 0) is 37.9 Å². The third-order valence-electron chi connectivity index (χ3n) is 15.9. The minimum Gasteiger partial charge on any atom is -0.375 e. The summed E-state index contributed by atoms with van der Waals surface area (Å²) in [6.07, 6.45) is 26.5. The molecule has 0 aromatic rings. The van der Waals surface area contributed by atoms with Gasteiger partial charge in [-0.25, -0.2) is 0 Å². The van der Waals surface area contributed by atoms with Gasteiger partial charge in [0, 0.05) is 0 Å². The van der Waals surface area contributed by atoms with Gasteiger partial charge < -0.3 is 37.9 Å². The van der Waals surface area contributed by atoms with Crippen LogP contribution in [0.3, 0.4) is 0 Å². The van der Waals surface area contributed by atoms with Gasteiger partial charge in [-0.2, -0.15) is 0 Å². The van der Waals surface area contributed by atoms with Crippen LogP contribution in [-0.4, -0.2) is 87.8 Å². The molecule has 2 aliphatic heterocycles. The standard InChI is InChI=1S/C46H80O8/c1-31(51-39-19-11-35(12-20-39)45(3,4)33-7-15-37(16-8-33)47-27-43-29-49-43)53-41-23-25-42(26-24-41)54-32(2)52-40-21-13-36(14-22-40)46(5,6)34-9-17-38(18-10-34)48-28-44-30-50-44/h31-44H,7-30H2,1-6H3. The van der Waals surface area contributed by atoms with E-state index < -0.39 is 0 Å². The molecule has 2 saturated heterocycles. The highest BCUT2D eigenvalue weighted by atomic mass is 16.7. The van der Waals surface area contributed by atoms with E-state index in [4.69, 9.17) is 37.9 Å². The molecule has 7 rings (SSSR count). The molecule has 0 radical (unpaired) electrons. The van der Waals surface area contributed by atoms with E-state index in [1.165, 1.54) is 77.0 Å². The Balaban J connectivity index is 0.724. The first kappa shape index (κ1) is 41.8. The Morgan fingerprint density at radius 1 is 0.389 bits per heavy atom.